The molecular weight excluding hydrogens is 460 g/mol. The summed E-state index contributed by atoms with van der Waals surface area (Å²) in [5.74, 6) is -0.871. The standard InChI is InChI=1S/C26H28N6O4/c1-4-22(33)30-20-12-8-9-18(13-20)14-28-23(34)16-32-24(19-10-6-5-7-11-19)29-15-21(26(32)36)31-25(35)17(2)27-3/h4-13,15,17,27H,1,14,16H2,2-3H3,(H,28,34)(H,30,33)(H,31,35)/t17-/m0/s1. The lowest BCUT2D eigenvalue weighted by molar-refractivity contribution is -0.122. The maximum absolute atomic E-state index is 13.3. The van der Waals surface area contributed by atoms with Crippen molar-refractivity contribution in [1.82, 2.24) is 20.2 Å². The van der Waals surface area contributed by atoms with E-state index in [0.717, 1.165) is 5.56 Å². The molecule has 0 aliphatic rings. The Kier molecular flexibility index (Phi) is 8.84. The van der Waals surface area contributed by atoms with Gasteiger partial charge in [-0.3, -0.25) is 23.7 Å². The van der Waals surface area contributed by atoms with Gasteiger partial charge in [-0.2, -0.15) is 0 Å². The first-order chi connectivity index (χ1) is 17.3. The molecule has 1 atom stereocenters. The summed E-state index contributed by atoms with van der Waals surface area (Å²) in [7, 11) is 1.63. The van der Waals surface area contributed by atoms with Crippen LogP contribution in [0.4, 0.5) is 11.4 Å². The Morgan fingerprint density at radius 3 is 2.53 bits per heavy atom. The van der Waals surface area contributed by atoms with Crippen LogP contribution in [0, 0.1) is 0 Å². The molecule has 3 aromatic rings. The number of amides is 3. The van der Waals surface area contributed by atoms with Crippen LogP contribution in [0.3, 0.4) is 0 Å². The van der Waals surface area contributed by atoms with Crippen molar-refractivity contribution in [3.63, 3.8) is 0 Å². The second-order valence-electron chi connectivity index (χ2n) is 7.92. The number of hydrogen-bond acceptors (Lipinski definition) is 6. The third kappa shape index (κ3) is 6.73. The molecule has 2 aromatic carbocycles. The summed E-state index contributed by atoms with van der Waals surface area (Å²) in [6.45, 7) is 4.94. The van der Waals surface area contributed by atoms with E-state index in [1.165, 1.54) is 16.8 Å². The molecule has 0 unspecified atom stereocenters. The Balaban J connectivity index is 1.82. The van der Waals surface area contributed by atoms with E-state index in [-0.39, 0.29) is 24.7 Å². The fourth-order valence-electron chi connectivity index (χ4n) is 3.27. The van der Waals surface area contributed by atoms with Gasteiger partial charge in [-0.25, -0.2) is 4.98 Å². The molecule has 0 spiro atoms. The van der Waals surface area contributed by atoms with Gasteiger partial charge >= 0.3 is 0 Å². The lowest BCUT2D eigenvalue weighted by atomic mass is 10.2. The van der Waals surface area contributed by atoms with Gasteiger partial charge in [-0.1, -0.05) is 49.0 Å². The van der Waals surface area contributed by atoms with Crippen molar-refractivity contribution in [2.24, 2.45) is 0 Å². The molecule has 186 valence electrons. The van der Waals surface area contributed by atoms with Gasteiger partial charge < -0.3 is 21.3 Å². The highest BCUT2D eigenvalue weighted by Crippen LogP contribution is 2.16. The van der Waals surface area contributed by atoms with E-state index in [4.69, 9.17) is 0 Å². The van der Waals surface area contributed by atoms with Crippen LogP contribution in [-0.2, 0) is 27.5 Å². The molecule has 36 heavy (non-hydrogen) atoms. The highest BCUT2D eigenvalue weighted by molar-refractivity contribution is 5.98. The number of aromatic nitrogens is 2. The summed E-state index contributed by atoms with van der Waals surface area (Å²) in [4.78, 5) is 54.3. The van der Waals surface area contributed by atoms with Gasteiger partial charge in [0.05, 0.1) is 12.2 Å². The summed E-state index contributed by atoms with van der Waals surface area (Å²) in [6.07, 6.45) is 2.46. The lowest BCUT2D eigenvalue weighted by Gasteiger charge is -2.16. The van der Waals surface area contributed by atoms with Crippen molar-refractivity contribution in [2.75, 3.05) is 17.7 Å². The summed E-state index contributed by atoms with van der Waals surface area (Å²) < 4.78 is 1.23. The number of nitrogens with one attached hydrogen (secondary N) is 4. The number of likely N-dealkylation sites (N-methyl/N-ethyl adjacent to an activating group) is 1. The van der Waals surface area contributed by atoms with E-state index in [9.17, 15) is 19.2 Å². The zero-order chi connectivity index (χ0) is 26.1. The zero-order valence-electron chi connectivity index (χ0n) is 20.1. The number of carbonyl (C=O) groups excluding carboxylic acids is 3. The number of benzene rings is 2. The first-order valence-electron chi connectivity index (χ1n) is 11.2. The summed E-state index contributed by atoms with van der Waals surface area (Å²) >= 11 is 0. The maximum Gasteiger partial charge on any atom is 0.278 e. The fraction of sp³-hybridized carbons (Fsp3) is 0.192. The molecule has 10 heteroatoms. The predicted molar refractivity (Wildman–Crippen MR) is 138 cm³/mol. The SMILES string of the molecule is C=CC(=O)Nc1cccc(CNC(=O)Cn2c(-c3ccccc3)ncc(NC(=O)[C@H](C)NC)c2=O)c1. The Labute approximate surface area is 208 Å². The average molecular weight is 489 g/mol. The molecule has 0 bridgehead atoms. The van der Waals surface area contributed by atoms with E-state index < -0.39 is 23.4 Å². The van der Waals surface area contributed by atoms with Crippen LogP contribution in [0.1, 0.15) is 12.5 Å². The summed E-state index contributed by atoms with van der Waals surface area (Å²) in [5, 5.41) is 10.8. The second kappa shape index (κ2) is 12.2. The van der Waals surface area contributed by atoms with Gasteiger partial charge in [0, 0.05) is 17.8 Å². The Morgan fingerprint density at radius 2 is 1.83 bits per heavy atom. The number of hydrogen-bond donors (Lipinski definition) is 4. The molecule has 1 aromatic heterocycles. The first-order valence-corrected chi connectivity index (χ1v) is 11.2. The number of anilines is 2. The van der Waals surface area contributed by atoms with E-state index >= 15 is 0 Å². The number of nitrogens with zero attached hydrogens (tertiary/aromatic N) is 2. The smallest absolute Gasteiger partial charge is 0.278 e. The fourth-order valence-corrected chi connectivity index (χ4v) is 3.27. The summed E-state index contributed by atoms with van der Waals surface area (Å²) in [6, 6.07) is 15.5. The highest BCUT2D eigenvalue weighted by atomic mass is 16.2. The third-order valence-electron chi connectivity index (χ3n) is 5.33. The molecule has 0 radical (unpaired) electrons. The molecule has 0 saturated heterocycles. The molecule has 0 fully saturated rings. The minimum absolute atomic E-state index is 0.0276. The van der Waals surface area contributed by atoms with Crippen LogP contribution in [0.25, 0.3) is 11.4 Å². The minimum Gasteiger partial charge on any atom is -0.350 e. The molecule has 3 rings (SSSR count). The molecule has 0 aliphatic carbocycles. The quantitative estimate of drug-likeness (QED) is 0.322. The van der Waals surface area contributed by atoms with E-state index in [1.807, 2.05) is 6.07 Å². The van der Waals surface area contributed by atoms with Gasteiger partial charge in [-0.05, 0) is 37.7 Å². The van der Waals surface area contributed by atoms with Gasteiger partial charge in [0.25, 0.3) is 5.56 Å². The van der Waals surface area contributed by atoms with Crippen LogP contribution >= 0.6 is 0 Å². The molecule has 0 saturated carbocycles. The van der Waals surface area contributed by atoms with Gasteiger partial charge in [0.1, 0.15) is 18.1 Å². The van der Waals surface area contributed by atoms with Crippen molar-refractivity contribution >= 4 is 29.1 Å². The van der Waals surface area contributed by atoms with Crippen LogP contribution in [-0.4, -0.2) is 40.4 Å². The Hall–Kier alpha value is -4.57. The predicted octanol–water partition coefficient (Wildman–Crippen LogP) is 1.90. The van der Waals surface area contributed by atoms with Gasteiger partial charge in [-0.15, -0.1) is 0 Å². The van der Waals surface area contributed by atoms with Crippen molar-refractivity contribution in [1.29, 1.82) is 0 Å². The first kappa shape index (κ1) is 26.0. The Morgan fingerprint density at radius 1 is 1.08 bits per heavy atom. The minimum atomic E-state index is -0.551. The molecule has 1 heterocycles. The molecule has 3 amide bonds. The largest absolute Gasteiger partial charge is 0.350 e. The van der Waals surface area contributed by atoms with E-state index in [0.29, 0.717) is 17.1 Å². The maximum atomic E-state index is 13.3. The monoisotopic (exact) mass is 488 g/mol. The van der Waals surface area contributed by atoms with Crippen molar-refractivity contribution < 1.29 is 14.4 Å². The number of rotatable bonds is 10. The average Bonchev–Trinajstić information content (AvgIpc) is 2.89. The van der Waals surface area contributed by atoms with Crippen LogP contribution in [0.15, 0.2) is 78.2 Å². The normalized spacial score (nSPS) is 11.3. The van der Waals surface area contributed by atoms with Gasteiger partial charge in [0.2, 0.25) is 17.7 Å². The van der Waals surface area contributed by atoms with Crippen LogP contribution < -0.4 is 26.8 Å². The van der Waals surface area contributed by atoms with Crippen LogP contribution in [0.5, 0.6) is 0 Å². The second-order valence-corrected chi connectivity index (χ2v) is 7.92. The third-order valence-corrected chi connectivity index (χ3v) is 5.33. The van der Waals surface area contributed by atoms with Crippen molar-refractivity contribution in [2.45, 2.75) is 26.1 Å². The van der Waals surface area contributed by atoms with E-state index in [2.05, 4.69) is 32.8 Å². The molecule has 0 aliphatic heterocycles. The summed E-state index contributed by atoms with van der Waals surface area (Å²) in [5.41, 5.74) is 1.39. The topological polar surface area (TPSA) is 134 Å². The molecule has 10 nitrogen and oxygen atoms in total. The zero-order valence-corrected chi connectivity index (χ0v) is 20.1. The molecule has 4 N–H and O–H groups in total. The van der Waals surface area contributed by atoms with Gasteiger partial charge in [0.15, 0.2) is 0 Å². The van der Waals surface area contributed by atoms with Crippen molar-refractivity contribution in [3.05, 3.63) is 89.4 Å². The van der Waals surface area contributed by atoms with Crippen molar-refractivity contribution in [3.8, 4) is 11.4 Å². The lowest BCUT2D eigenvalue weighted by Crippen LogP contribution is -2.39. The highest BCUT2D eigenvalue weighted by Gasteiger charge is 2.18. The van der Waals surface area contributed by atoms with E-state index in [1.54, 1.807) is 62.5 Å². The Bertz CT molecular complexity index is 1320. The number of carbonyl (C=O) groups is 3. The molecular formula is C26H28N6O4. The van der Waals surface area contributed by atoms with Crippen LogP contribution in [0.2, 0.25) is 0 Å².